The first-order valence-electron chi connectivity index (χ1n) is 6.90. The van der Waals surface area contributed by atoms with E-state index in [2.05, 4.69) is 24.1 Å². The summed E-state index contributed by atoms with van der Waals surface area (Å²) in [6.45, 7) is 10.3. The van der Waals surface area contributed by atoms with Gasteiger partial charge >= 0.3 is 0 Å². The van der Waals surface area contributed by atoms with Gasteiger partial charge in [-0.1, -0.05) is 37.6 Å². The van der Waals surface area contributed by atoms with Crippen LogP contribution in [-0.2, 0) is 5.54 Å². The molecule has 0 saturated heterocycles. The first-order valence-corrected chi connectivity index (χ1v) is 7.27. The maximum Gasteiger partial charge on any atom is 0.0652 e. The zero-order valence-electron chi connectivity index (χ0n) is 12.1. The summed E-state index contributed by atoms with van der Waals surface area (Å²) in [5.41, 5.74) is 0.569. The molecule has 0 saturated carbocycles. The van der Waals surface area contributed by atoms with Gasteiger partial charge in [0, 0.05) is 18.1 Å². The SMILES string of the molecule is CCN(CC)CCNC(C)(CO)c1cccc(Cl)c1. The Morgan fingerprint density at radius 2 is 2.00 bits per heavy atom. The van der Waals surface area contributed by atoms with E-state index in [0.717, 1.165) is 31.7 Å². The second-order valence-electron chi connectivity index (χ2n) is 4.95. The van der Waals surface area contributed by atoms with Crippen LogP contribution in [0, 0.1) is 0 Å². The first-order chi connectivity index (χ1) is 9.05. The topological polar surface area (TPSA) is 35.5 Å². The van der Waals surface area contributed by atoms with Crippen LogP contribution >= 0.6 is 11.6 Å². The highest BCUT2D eigenvalue weighted by Gasteiger charge is 2.25. The molecule has 3 nitrogen and oxygen atoms in total. The van der Waals surface area contributed by atoms with Gasteiger partial charge in [0.15, 0.2) is 0 Å². The molecule has 0 fully saturated rings. The predicted octanol–water partition coefficient (Wildman–Crippen LogP) is 2.48. The Morgan fingerprint density at radius 1 is 1.32 bits per heavy atom. The fourth-order valence-electron chi connectivity index (χ4n) is 2.11. The lowest BCUT2D eigenvalue weighted by atomic mass is 9.93. The van der Waals surface area contributed by atoms with Gasteiger partial charge < -0.3 is 15.3 Å². The third-order valence-electron chi connectivity index (χ3n) is 3.62. The third-order valence-corrected chi connectivity index (χ3v) is 3.85. The van der Waals surface area contributed by atoms with Gasteiger partial charge in [-0.05, 0) is 37.7 Å². The molecule has 0 aliphatic carbocycles. The zero-order valence-corrected chi connectivity index (χ0v) is 12.9. The van der Waals surface area contributed by atoms with Gasteiger partial charge in [-0.25, -0.2) is 0 Å². The number of hydrogen-bond donors (Lipinski definition) is 2. The van der Waals surface area contributed by atoms with Crippen LogP contribution < -0.4 is 5.32 Å². The van der Waals surface area contributed by atoms with Crippen LogP contribution in [0.2, 0.25) is 5.02 Å². The molecular formula is C15H25ClN2O. The van der Waals surface area contributed by atoms with E-state index >= 15 is 0 Å². The molecule has 0 heterocycles. The molecule has 0 aromatic heterocycles. The zero-order chi connectivity index (χ0) is 14.3. The number of benzene rings is 1. The van der Waals surface area contributed by atoms with Crippen LogP contribution in [-0.4, -0.2) is 42.8 Å². The number of hydrogen-bond acceptors (Lipinski definition) is 3. The maximum absolute atomic E-state index is 9.69. The van der Waals surface area contributed by atoms with Crippen LogP contribution in [0.5, 0.6) is 0 Å². The van der Waals surface area contributed by atoms with Crippen molar-refractivity contribution in [2.45, 2.75) is 26.3 Å². The lowest BCUT2D eigenvalue weighted by Gasteiger charge is -2.31. The normalized spacial score (nSPS) is 14.6. The molecule has 1 rings (SSSR count). The highest BCUT2D eigenvalue weighted by atomic mass is 35.5. The Hall–Kier alpha value is -0.610. The van der Waals surface area contributed by atoms with Gasteiger partial charge in [-0.2, -0.15) is 0 Å². The van der Waals surface area contributed by atoms with Crippen LogP contribution in [0.15, 0.2) is 24.3 Å². The lowest BCUT2D eigenvalue weighted by Crippen LogP contribution is -2.46. The number of nitrogens with one attached hydrogen (secondary N) is 1. The molecule has 0 bridgehead atoms. The first kappa shape index (κ1) is 16.4. The highest BCUT2D eigenvalue weighted by molar-refractivity contribution is 6.30. The third kappa shape index (κ3) is 4.77. The Balaban J connectivity index is 2.65. The Bertz CT molecular complexity index is 382. The van der Waals surface area contributed by atoms with Gasteiger partial charge in [-0.3, -0.25) is 0 Å². The van der Waals surface area contributed by atoms with Crippen molar-refractivity contribution < 1.29 is 5.11 Å². The van der Waals surface area contributed by atoms with Crippen LogP contribution in [0.25, 0.3) is 0 Å². The largest absolute Gasteiger partial charge is 0.394 e. The Kier molecular flexibility index (Phi) is 6.80. The number of aliphatic hydroxyl groups excluding tert-OH is 1. The minimum absolute atomic E-state index is 0.0472. The Labute approximate surface area is 121 Å². The molecule has 1 atom stereocenters. The summed E-state index contributed by atoms with van der Waals surface area (Å²) in [5.74, 6) is 0. The molecule has 0 spiro atoms. The van der Waals surface area contributed by atoms with Crippen molar-refractivity contribution in [3.05, 3.63) is 34.9 Å². The molecule has 108 valence electrons. The summed E-state index contributed by atoms with van der Waals surface area (Å²) >= 11 is 6.02. The van der Waals surface area contributed by atoms with Crippen LogP contribution in [0.1, 0.15) is 26.3 Å². The number of likely N-dealkylation sites (N-methyl/N-ethyl adjacent to an activating group) is 1. The number of aliphatic hydroxyl groups is 1. The molecule has 0 aliphatic rings. The van der Waals surface area contributed by atoms with Crippen molar-refractivity contribution in [1.29, 1.82) is 0 Å². The number of rotatable bonds is 8. The summed E-state index contributed by atoms with van der Waals surface area (Å²) in [6.07, 6.45) is 0. The van der Waals surface area contributed by atoms with E-state index in [1.54, 1.807) is 0 Å². The average molecular weight is 285 g/mol. The van der Waals surface area contributed by atoms with Crippen molar-refractivity contribution in [2.75, 3.05) is 32.8 Å². The quantitative estimate of drug-likeness (QED) is 0.770. The van der Waals surface area contributed by atoms with Crippen molar-refractivity contribution >= 4 is 11.6 Å². The monoisotopic (exact) mass is 284 g/mol. The minimum Gasteiger partial charge on any atom is -0.394 e. The second kappa shape index (κ2) is 7.85. The van der Waals surface area contributed by atoms with E-state index in [-0.39, 0.29) is 6.61 Å². The molecule has 0 radical (unpaired) electrons. The summed E-state index contributed by atoms with van der Waals surface area (Å²) in [5, 5.41) is 13.8. The molecule has 2 N–H and O–H groups in total. The van der Waals surface area contributed by atoms with Gasteiger partial charge in [0.05, 0.1) is 12.1 Å². The molecule has 0 aliphatic heterocycles. The van der Waals surface area contributed by atoms with Crippen molar-refractivity contribution in [2.24, 2.45) is 0 Å². The maximum atomic E-state index is 9.69. The van der Waals surface area contributed by atoms with E-state index in [1.165, 1.54) is 0 Å². The van der Waals surface area contributed by atoms with E-state index in [1.807, 2.05) is 31.2 Å². The summed E-state index contributed by atoms with van der Waals surface area (Å²) in [7, 11) is 0. The molecule has 1 aromatic carbocycles. The number of nitrogens with zero attached hydrogens (tertiary/aromatic N) is 1. The summed E-state index contributed by atoms with van der Waals surface area (Å²) in [6, 6.07) is 7.66. The molecular weight excluding hydrogens is 260 g/mol. The summed E-state index contributed by atoms with van der Waals surface area (Å²) < 4.78 is 0. The second-order valence-corrected chi connectivity index (χ2v) is 5.39. The van der Waals surface area contributed by atoms with Gasteiger partial charge in [-0.15, -0.1) is 0 Å². The molecule has 1 aromatic rings. The van der Waals surface area contributed by atoms with E-state index in [9.17, 15) is 5.11 Å². The smallest absolute Gasteiger partial charge is 0.0652 e. The van der Waals surface area contributed by atoms with Crippen LogP contribution in [0.4, 0.5) is 0 Å². The minimum atomic E-state index is -0.446. The Morgan fingerprint density at radius 3 is 2.53 bits per heavy atom. The van der Waals surface area contributed by atoms with Crippen molar-refractivity contribution in [3.63, 3.8) is 0 Å². The number of halogens is 1. The molecule has 1 unspecified atom stereocenters. The van der Waals surface area contributed by atoms with Crippen LogP contribution in [0.3, 0.4) is 0 Å². The van der Waals surface area contributed by atoms with Crippen molar-refractivity contribution in [1.82, 2.24) is 10.2 Å². The predicted molar refractivity (Wildman–Crippen MR) is 81.7 cm³/mol. The fraction of sp³-hybridized carbons (Fsp3) is 0.600. The highest BCUT2D eigenvalue weighted by Crippen LogP contribution is 2.23. The molecule has 19 heavy (non-hydrogen) atoms. The van der Waals surface area contributed by atoms with Gasteiger partial charge in [0.25, 0.3) is 0 Å². The van der Waals surface area contributed by atoms with E-state index in [0.29, 0.717) is 5.02 Å². The lowest BCUT2D eigenvalue weighted by molar-refractivity contribution is 0.168. The van der Waals surface area contributed by atoms with Gasteiger partial charge in [0.1, 0.15) is 0 Å². The van der Waals surface area contributed by atoms with Gasteiger partial charge in [0.2, 0.25) is 0 Å². The standard InChI is InChI=1S/C15H25ClN2O/c1-4-18(5-2)10-9-17-15(3,12-19)13-7-6-8-14(16)11-13/h6-8,11,17,19H,4-5,9-10,12H2,1-3H3. The fourth-order valence-corrected chi connectivity index (χ4v) is 2.30. The molecule has 4 heteroatoms. The van der Waals surface area contributed by atoms with E-state index < -0.39 is 5.54 Å². The average Bonchev–Trinajstić information content (AvgIpc) is 2.43. The van der Waals surface area contributed by atoms with Crippen molar-refractivity contribution in [3.8, 4) is 0 Å². The molecule has 0 amide bonds. The summed E-state index contributed by atoms with van der Waals surface area (Å²) in [4.78, 5) is 2.35. The van der Waals surface area contributed by atoms with E-state index in [4.69, 9.17) is 11.6 Å².